The monoisotopic (exact) mass is 242 g/mol. The highest BCUT2D eigenvalue weighted by Gasteiger charge is 2.46. The van der Waals surface area contributed by atoms with Gasteiger partial charge in [-0.1, -0.05) is 24.3 Å². The number of fused-ring (bicyclic) bond motifs is 1. The highest BCUT2D eigenvalue weighted by atomic mass is 16.3. The molecule has 0 unspecified atom stereocenters. The van der Waals surface area contributed by atoms with Gasteiger partial charge in [0, 0.05) is 16.5 Å². The summed E-state index contributed by atoms with van der Waals surface area (Å²) in [4.78, 5) is 11.9. The molecule has 1 aliphatic rings. The fraction of sp³-hybridized carbons (Fsp3) is 0.214. The molecule has 1 amide bonds. The van der Waals surface area contributed by atoms with Gasteiger partial charge in [0.15, 0.2) is 0 Å². The van der Waals surface area contributed by atoms with Gasteiger partial charge < -0.3 is 16.2 Å². The van der Waals surface area contributed by atoms with E-state index in [4.69, 9.17) is 5.73 Å². The number of rotatable bonds is 2. The molecular formula is C14H14N2O2. The molecule has 4 N–H and O–H groups in total. The first-order valence-corrected chi connectivity index (χ1v) is 5.91. The number of anilines is 1. The van der Waals surface area contributed by atoms with E-state index >= 15 is 0 Å². The molecule has 0 radical (unpaired) electrons. The zero-order valence-corrected chi connectivity index (χ0v) is 9.81. The molecule has 0 bridgehead atoms. The van der Waals surface area contributed by atoms with Crippen molar-refractivity contribution in [1.29, 1.82) is 0 Å². The number of amides is 1. The lowest BCUT2D eigenvalue weighted by Gasteiger charge is -2.12. The second kappa shape index (κ2) is 3.71. The number of carbonyl (C=O) groups is 1. The van der Waals surface area contributed by atoms with Gasteiger partial charge >= 0.3 is 0 Å². The standard InChI is InChI=1S/C14H14N2O2/c15-14(7-8-14)13(18)16-11-5-1-4-10-9(11)3-2-6-12(10)17/h1-6,17H,7-8,15H2,(H,16,18). The van der Waals surface area contributed by atoms with Gasteiger partial charge in [0.2, 0.25) is 5.91 Å². The minimum absolute atomic E-state index is 0.154. The summed E-state index contributed by atoms with van der Waals surface area (Å²) < 4.78 is 0. The van der Waals surface area contributed by atoms with Gasteiger partial charge in [-0.2, -0.15) is 0 Å². The van der Waals surface area contributed by atoms with E-state index in [-0.39, 0.29) is 11.7 Å². The third kappa shape index (κ3) is 1.71. The van der Waals surface area contributed by atoms with E-state index in [2.05, 4.69) is 5.32 Å². The second-order valence-electron chi connectivity index (χ2n) is 4.79. The normalized spacial score (nSPS) is 16.5. The van der Waals surface area contributed by atoms with E-state index in [9.17, 15) is 9.90 Å². The summed E-state index contributed by atoms with van der Waals surface area (Å²) in [5.74, 6) is 0.0517. The van der Waals surface area contributed by atoms with Crippen LogP contribution in [0.5, 0.6) is 5.75 Å². The lowest BCUT2D eigenvalue weighted by Crippen LogP contribution is -2.37. The van der Waals surface area contributed by atoms with E-state index in [0.717, 1.165) is 23.6 Å². The first-order valence-electron chi connectivity index (χ1n) is 5.91. The molecule has 4 nitrogen and oxygen atoms in total. The molecule has 0 heterocycles. The minimum atomic E-state index is -0.695. The van der Waals surface area contributed by atoms with Crippen LogP contribution < -0.4 is 11.1 Å². The molecule has 0 aliphatic heterocycles. The summed E-state index contributed by atoms with van der Waals surface area (Å²) in [6.07, 6.45) is 1.46. The maximum absolute atomic E-state index is 11.9. The zero-order valence-electron chi connectivity index (χ0n) is 9.81. The van der Waals surface area contributed by atoms with E-state index in [1.165, 1.54) is 0 Å². The molecule has 2 aromatic carbocycles. The Bertz CT molecular complexity index is 633. The van der Waals surface area contributed by atoms with Crippen molar-refractivity contribution >= 4 is 22.4 Å². The summed E-state index contributed by atoms with van der Waals surface area (Å²) in [7, 11) is 0. The molecule has 1 saturated carbocycles. The maximum atomic E-state index is 11.9. The fourth-order valence-electron chi connectivity index (χ4n) is 2.01. The van der Waals surface area contributed by atoms with Crippen LogP contribution in [0, 0.1) is 0 Å². The highest BCUT2D eigenvalue weighted by Crippen LogP contribution is 2.35. The number of hydrogen-bond donors (Lipinski definition) is 3. The largest absolute Gasteiger partial charge is 0.507 e. The van der Waals surface area contributed by atoms with E-state index in [1.807, 2.05) is 18.2 Å². The van der Waals surface area contributed by atoms with Crippen molar-refractivity contribution in [3.05, 3.63) is 36.4 Å². The maximum Gasteiger partial charge on any atom is 0.244 e. The molecule has 4 heteroatoms. The Labute approximate surface area is 104 Å². The Kier molecular flexibility index (Phi) is 2.28. The van der Waals surface area contributed by atoms with Crippen LogP contribution in [0.1, 0.15) is 12.8 Å². The number of hydrogen-bond acceptors (Lipinski definition) is 3. The third-order valence-corrected chi connectivity index (χ3v) is 3.39. The molecule has 92 valence electrons. The molecule has 0 atom stereocenters. The van der Waals surface area contributed by atoms with Crippen molar-refractivity contribution in [2.24, 2.45) is 5.73 Å². The summed E-state index contributed by atoms with van der Waals surface area (Å²) in [6, 6.07) is 10.7. The predicted molar refractivity (Wildman–Crippen MR) is 70.4 cm³/mol. The van der Waals surface area contributed by atoms with Crippen molar-refractivity contribution in [3.8, 4) is 5.75 Å². The van der Waals surface area contributed by atoms with Gasteiger partial charge in [0.1, 0.15) is 5.75 Å². The van der Waals surface area contributed by atoms with Crippen LogP contribution in [0.3, 0.4) is 0 Å². The average Bonchev–Trinajstić information content (AvgIpc) is 3.10. The van der Waals surface area contributed by atoms with Gasteiger partial charge in [-0.25, -0.2) is 0 Å². The number of nitrogens with one attached hydrogen (secondary N) is 1. The molecule has 2 aromatic rings. The number of nitrogens with two attached hydrogens (primary N) is 1. The second-order valence-corrected chi connectivity index (χ2v) is 4.79. The summed E-state index contributed by atoms with van der Waals surface area (Å²) in [5, 5.41) is 14.1. The molecule has 1 aliphatic carbocycles. The third-order valence-electron chi connectivity index (χ3n) is 3.39. The van der Waals surface area contributed by atoms with Crippen LogP contribution in [0.25, 0.3) is 10.8 Å². The molecule has 3 rings (SSSR count). The number of aromatic hydroxyl groups is 1. The smallest absolute Gasteiger partial charge is 0.244 e. The van der Waals surface area contributed by atoms with Crippen molar-refractivity contribution in [2.45, 2.75) is 18.4 Å². The van der Waals surface area contributed by atoms with Crippen LogP contribution in [-0.4, -0.2) is 16.6 Å². The lowest BCUT2D eigenvalue weighted by molar-refractivity contribution is -0.118. The average molecular weight is 242 g/mol. The SMILES string of the molecule is NC1(C(=O)Nc2cccc3c(O)cccc23)CC1. The van der Waals surface area contributed by atoms with Crippen molar-refractivity contribution in [2.75, 3.05) is 5.32 Å². The first kappa shape index (κ1) is 11.0. The van der Waals surface area contributed by atoms with Crippen molar-refractivity contribution < 1.29 is 9.90 Å². The van der Waals surface area contributed by atoms with Gasteiger partial charge in [-0.3, -0.25) is 4.79 Å². The van der Waals surface area contributed by atoms with Crippen LogP contribution in [0.2, 0.25) is 0 Å². The molecule has 1 fully saturated rings. The van der Waals surface area contributed by atoms with Crippen LogP contribution in [0.4, 0.5) is 5.69 Å². The summed E-state index contributed by atoms with van der Waals surface area (Å²) >= 11 is 0. The van der Waals surface area contributed by atoms with Crippen molar-refractivity contribution in [1.82, 2.24) is 0 Å². The quantitative estimate of drug-likeness (QED) is 0.753. The lowest BCUT2D eigenvalue weighted by atomic mass is 10.1. The summed E-state index contributed by atoms with van der Waals surface area (Å²) in [5.41, 5.74) is 5.84. The Hall–Kier alpha value is -2.07. The number of carbonyl (C=O) groups excluding carboxylic acids is 1. The Balaban J connectivity index is 2.02. The van der Waals surface area contributed by atoms with E-state index < -0.39 is 5.54 Å². The minimum Gasteiger partial charge on any atom is -0.507 e. The Morgan fingerprint density at radius 3 is 2.56 bits per heavy atom. The topological polar surface area (TPSA) is 75.4 Å². The fourth-order valence-corrected chi connectivity index (χ4v) is 2.01. The van der Waals surface area contributed by atoms with Gasteiger partial charge in [0.25, 0.3) is 0 Å². The van der Waals surface area contributed by atoms with E-state index in [1.54, 1.807) is 18.2 Å². The van der Waals surface area contributed by atoms with Crippen LogP contribution in [0.15, 0.2) is 36.4 Å². The van der Waals surface area contributed by atoms with Crippen LogP contribution in [-0.2, 0) is 4.79 Å². The molecule has 0 aromatic heterocycles. The van der Waals surface area contributed by atoms with Gasteiger partial charge in [0.05, 0.1) is 5.54 Å². The predicted octanol–water partition coefficient (Wildman–Crippen LogP) is 1.98. The highest BCUT2D eigenvalue weighted by molar-refractivity contribution is 6.07. The van der Waals surface area contributed by atoms with Gasteiger partial charge in [-0.05, 0) is 25.0 Å². The Morgan fingerprint density at radius 2 is 1.83 bits per heavy atom. The van der Waals surface area contributed by atoms with Crippen molar-refractivity contribution in [3.63, 3.8) is 0 Å². The van der Waals surface area contributed by atoms with Gasteiger partial charge in [-0.15, -0.1) is 0 Å². The number of benzene rings is 2. The zero-order chi connectivity index (χ0) is 12.8. The number of phenolic OH excluding ortho intramolecular Hbond substituents is 1. The molecular weight excluding hydrogens is 228 g/mol. The molecule has 0 saturated heterocycles. The molecule has 0 spiro atoms. The van der Waals surface area contributed by atoms with E-state index in [0.29, 0.717) is 5.69 Å². The number of phenols is 1. The molecule has 18 heavy (non-hydrogen) atoms. The first-order chi connectivity index (χ1) is 8.60. The Morgan fingerprint density at radius 1 is 1.17 bits per heavy atom. The summed E-state index contributed by atoms with van der Waals surface area (Å²) in [6.45, 7) is 0. The van der Waals surface area contributed by atoms with Crippen LogP contribution >= 0.6 is 0 Å².